The van der Waals surface area contributed by atoms with Crippen LogP contribution >= 0.6 is 11.8 Å². The molecule has 1 heterocycles. The van der Waals surface area contributed by atoms with E-state index in [4.69, 9.17) is 5.26 Å². The fourth-order valence-electron chi connectivity index (χ4n) is 0.446. The van der Waals surface area contributed by atoms with Gasteiger partial charge < -0.3 is 0 Å². The van der Waals surface area contributed by atoms with E-state index in [2.05, 4.69) is 9.97 Å². The summed E-state index contributed by atoms with van der Waals surface area (Å²) < 4.78 is 24.7. The largest absolute Gasteiger partial charge is 0.309 e. The Morgan fingerprint density at radius 2 is 2.27 bits per heavy atom. The number of nitrogens with zero attached hydrogens (tertiary/aromatic N) is 3. The summed E-state index contributed by atoms with van der Waals surface area (Å²) in [4.78, 5) is 6.00. The van der Waals surface area contributed by atoms with Crippen molar-refractivity contribution in [3.05, 3.63) is 18.1 Å². The molecule has 0 spiro atoms. The van der Waals surface area contributed by atoms with Crippen molar-refractivity contribution in [2.75, 3.05) is 0 Å². The molecule has 3 nitrogen and oxygen atoms in total. The van der Waals surface area contributed by atoms with Crippen molar-refractivity contribution in [2.24, 2.45) is 0 Å². The van der Waals surface area contributed by atoms with Crippen LogP contribution in [-0.4, -0.2) is 9.97 Å². The Hall–Kier alpha value is -1.22. The molecule has 0 radical (unpaired) electrons. The second-order valence-corrected chi connectivity index (χ2v) is 2.26. The first-order valence-corrected chi connectivity index (χ1v) is 3.29. The number of halogens is 2. The molecule has 56 valence electrons. The van der Waals surface area contributed by atoms with Crippen LogP contribution in [0.15, 0.2) is 11.2 Å². The Balaban J connectivity index is 3.05. The predicted molar refractivity (Wildman–Crippen MR) is 33.4 cm³/mol. The minimum atomic E-state index is -1.04. The third-order valence-electron chi connectivity index (χ3n) is 0.825. The van der Waals surface area contributed by atoms with Crippen LogP contribution < -0.4 is 0 Å². The van der Waals surface area contributed by atoms with E-state index >= 15 is 0 Å². The Morgan fingerprint density at radius 3 is 2.91 bits per heavy atom. The SMILES string of the molecule is N#CSc1nc(F)ncc1F. The van der Waals surface area contributed by atoms with Gasteiger partial charge in [0, 0.05) is 11.8 Å². The first kappa shape index (κ1) is 7.88. The number of aromatic nitrogens is 2. The third kappa shape index (κ3) is 1.85. The summed E-state index contributed by atoms with van der Waals surface area (Å²) in [6, 6.07) is 0. The van der Waals surface area contributed by atoms with Crippen molar-refractivity contribution >= 4 is 11.8 Å². The van der Waals surface area contributed by atoms with E-state index in [1.54, 1.807) is 5.40 Å². The molecule has 0 saturated carbocycles. The van der Waals surface area contributed by atoms with Gasteiger partial charge in [0.25, 0.3) is 0 Å². The molecule has 0 saturated heterocycles. The van der Waals surface area contributed by atoms with E-state index in [0.29, 0.717) is 18.0 Å². The minimum absolute atomic E-state index is 0.292. The third-order valence-corrected chi connectivity index (χ3v) is 1.40. The summed E-state index contributed by atoms with van der Waals surface area (Å²) in [6.45, 7) is 0. The number of hydrogen-bond donors (Lipinski definition) is 0. The molecule has 0 N–H and O–H groups in total. The first-order chi connectivity index (χ1) is 5.24. The molecular formula is C5HF2N3S. The van der Waals surface area contributed by atoms with Crippen molar-refractivity contribution in [3.8, 4) is 5.40 Å². The zero-order chi connectivity index (χ0) is 8.27. The van der Waals surface area contributed by atoms with E-state index in [1.807, 2.05) is 0 Å². The normalized spacial score (nSPS) is 9.18. The number of rotatable bonds is 1. The number of thiocyanates is 1. The number of nitriles is 1. The van der Waals surface area contributed by atoms with Gasteiger partial charge in [-0.15, -0.1) is 0 Å². The molecule has 0 aliphatic carbocycles. The molecule has 11 heavy (non-hydrogen) atoms. The van der Waals surface area contributed by atoms with Crippen LogP contribution in [0, 0.1) is 22.6 Å². The molecular weight excluding hydrogens is 172 g/mol. The van der Waals surface area contributed by atoms with Gasteiger partial charge in [-0.05, 0) is 0 Å². The lowest BCUT2D eigenvalue weighted by molar-refractivity contribution is 0.490. The van der Waals surface area contributed by atoms with Gasteiger partial charge in [-0.25, -0.2) is 9.37 Å². The van der Waals surface area contributed by atoms with Crippen molar-refractivity contribution in [1.29, 1.82) is 5.26 Å². The molecule has 0 atom stereocenters. The molecule has 0 bridgehead atoms. The second kappa shape index (κ2) is 3.25. The highest BCUT2D eigenvalue weighted by atomic mass is 32.2. The lowest BCUT2D eigenvalue weighted by atomic mass is 10.6. The van der Waals surface area contributed by atoms with E-state index < -0.39 is 11.9 Å². The van der Waals surface area contributed by atoms with Crippen molar-refractivity contribution in [3.63, 3.8) is 0 Å². The van der Waals surface area contributed by atoms with Crippen LogP contribution in [0.3, 0.4) is 0 Å². The van der Waals surface area contributed by atoms with Gasteiger partial charge in [0.05, 0.1) is 6.20 Å². The second-order valence-electron chi connectivity index (χ2n) is 1.49. The topological polar surface area (TPSA) is 49.6 Å². The Labute approximate surface area is 65.1 Å². The summed E-state index contributed by atoms with van der Waals surface area (Å²) in [7, 11) is 0. The molecule has 0 aromatic carbocycles. The summed E-state index contributed by atoms with van der Waals surface area (Å²) in [5.41, 5.74) is 0. The van der Waals surface area contributed by atoms with Gasteiger partial charge in [0.2, 0.25) is 0 Å². The average Bonchev–Trinajstić information content (AvgIpc) is 1.98. The Kier molecular flexibility index (Phi) is 2.33. The van der Waals surface area contributed by atoms with Crippen LogP contribution in [0.5, 0.6) is 0 Å². The van der Waals surface area contributed by atoms with Gasteiger partial charge in [-0.1, -0.05) is 0 Å². The van der Waals surface area contributed by atoms with Crippen molar-refractivity contribution < 1.29 is 8.78 Å². The molecule has 0 amide bonds. The van der Waals surface area contributed by atoms with Crippen molar-refractivity contribution in [1.82, 2.24) is 9.97 Å². The van der Waals surface area contributed by atoms with Gasteiger partial charge in [0.15, 0.2) is 10.8 Å². The molecule has 1 aromatic heterocycles. The highest BCUT2D eigenvalue weighted by Gasteiger charge is 2.05. The van der Waals surface area contributed by atoms with E-state index in [9.17, 15) is 8.78 Å². The molecule has 1 aromatic rings. The molecule has 6 heteroatoms. The van der Waals surface area contributed by atoms with Gasteiger partial charge in [-0.2, -0.15) is 14.6 Å². The Morgan fingerprint density at radius 1 is 1.55 bits per heavy atom. The fourth-order valence-corrected chi connectivity index (χ4v) is 0.804. The zero-order valence-electron chi connectivity index (χ0n) is 5.08. The standard InChI is InChI=1S/C5HF2N3S/c6-3-1-9-5(7)10-4(3)11-2-8/h1H. The molecule has 0 aliphatic rings. The lowest BCUT2D eigenvalue weighted by Crippen LogP contribution is -1.93. The van der Waals surface area contributed by atoms with Crippen LogP contribution in [0.4, 0.5) is 8.78 Å². The first-order valence-electron chi connectivity index (χ1n) is 2.48. The van der Waals surface area contributed by atoms with Gasteiger partial charge in [-0.3, -0.25) is 0 Å². The fraction of sp³-hybridized carbons (Fsp3) is 0. The van der Waals surface area contributed by atoms with E-state index in [1.165, 1.54) is 0 Å². The minimum Gasteiger partial charge on any atom is -0.208 e. The summed E-state index contributed by atoms with van der Waals surface area (Å²) in [5, 5.41) is 9.38. The smallest absolute Gasteiger partial charge is 0.208 e. The maximum absolute atomic E-state index is 12.5. The average molecular weight is 173 g/mol. The maximum Gasteiger partial charge on any atom is 0.309 e. The zero-order valence-corrected chi connectivity index (χ0v) is 5.90. The van der Waals surface area contributed by atoms with Crippen LogP contribution in [0.25, 0.3) is 0 Å². The van der Waals surface area contributed by atoms with E-state index in [-0.39, 0.29) is 5.03 Å². The summed E-state index contributed by atoms with van der Waals surface area (Å²) >= 11 is 0.456. The Bertz CT molecular complexity index is 309. The maximum atomic E-state index is 12.5. The quantitative estimate of drug-likeness (QED) is 0.278. The van der Waals surface area contributed by atoms with Crippen LogP contribution in [0.2, 0.25) is 0 Å². The molecule has 0 aliphatic heterocycles. The van der Waals surface area contributed by atoms with Crippen LogP contribution in [-0.2, 0) is 0 Å². The summed E-state index contributed by atoms with van der Waals surface area (Å²) in [5.74, 6) is -0.794. The van der Waals surface area contributed by atoms with Gasteiger partial charge in [0.1, 0.15) is 5.40 Å². The van der Waals surface area contributed by atoms with Gasteiger partial charge >= 0.3 is 6.08 Å². The number of hydrogen-bond acceptors (Lipinski definition) is 4. The van der Waals surface area contributed by atoms with Crippen LogP contribution in [0.1, 0.15) is 0 Å². The molecule has 0 fully saturated rings. The molecule has 0 unspecified atom stereocenters. The highest BCUT2D eigenvalue weighted by molar-refractivity contribution is 8.03. The number of thioether (sulfide) groups is 1. The lowest BCUT2D eigenvalue weighted by Gasteiger charge is -1.92. The van der Waals surface area contributed by atoms with E-state index in [0.717, 1.165) is 0 Å². The monoisotopic (exact) mass is 173 g/mol. The van der Waals surface area contributed by atoms with Crippen molar-refractivity contribution in [2.45, 2.75) is 5.03 Å². The predicted octanol–water partition coefficient (Wildman–Crippen LogP) is 1.33. The highest BCUT2D eigenvalue weighted by Crippen LogP contribution is 2.16. The molecule has 1 rings (SSSR count). The summed E-state index contributed by atoms with van der Waals surface area (Å²) in [6.07, 6.45) is -0.355.